The summed E-state index contributed by atoms with van der Waals surface area (Å²) in [5.74, 6) is 0.661. The summed E-state index contributed by atoms with van der Waals surface area (Å²) in [7, 11) is 1.57. The van der Waals surface area contributed by atoms with E-state index in [0.717, 1.165) is 4.35 Å². The number of hydrogen-bond donors (Lipinski definition) is 0. The molecule has 56 valence electrons. The molecule has 1 rings (SSSR count). The molecule has 0 N–H and O–H groups in total. The van der Waals surface area contributed by atoms with E-state index in [-0.39, 0.29) is 0 Å². The van der Waals surface area contributed by atoms with Gasteiger partial charge in [0.2, 0.25) is 0 Å². The van der Waals surface area contributed by atoms with Crippen LogP contribution in [0.2, 0.25) is 0 Å². The molecule has 1 atom stereocenters. The predicted octanol–water partition coefficient (Wildman–Crippen LogP) is -0.175. The van der Waals surface area contributed by atoms with Gasteiger partial charge in [-0.05, 0) is 0 Å². The molecular formula is C8H8AsNO. The van der Waals surface area contributed by atoms with Gasteiger partial charge in [0.1, 0.15) is 0 Å². The first-order valence-electron chi connectivity index (χ1n) is 3.11. The van der Waals surface area contributed by atoms with Crippen LogP contribution in [-0.2, 0) is 0 Å². The van der Waals surface area contributed by atoms with Gasteiger partial charge < -0.3 is 0 Å². The van der Waals surface area contributed by atoms with Gasteiger partial charge in [0, 0.05) is 0 Å². The summed E-state index contributed by atoms with van der Waals surface area (Å²) < 4.78 is 6.17. The zero-order valence-electron chi connectivity index (χ0n) is 6.16. The summed E-state index contributed by atoms with van der Waals surface area (Å²) in [6.45, 7) is 0. The summed E-state index contributed by atoms with van der Waals surface area (Å²) in [4.78, 5) is 0. The second-order valence-electron chi connectivity index (χ2n) is 2.07. The van der Waals surface area contributed by atoms with Crippen LogP contribution in [0.4, 0.5) is 0 Å². The third-order valence-electron chi connectivity index (χ3n) is 1.35. The zero-order valence-corrected chi connectivity index (χ0v) is 8.59. The topological polar surface area (TPSA) is 33.0 Å². The van der Waals surface area contributed by atoms with Gasteiger partial charge in [-0.1, -0.05) is 0 Å². The van der Waals surface area contributed by atoms with Gasteiger partial charge in [0.25, 0.3) is 0 Å². The number of ether oxygens (including phenoxy) is 1. The van der Waals surface area contributed by atoms with E-state index in [9.17, 15) is 0 Å². The first kappa shape index (κ1) is 8.17. The Morgan fingerprint density at radius 3 is 2.82 bits per heavy atom. The Kier molecular flexibility index (Phi) is 2.57. The quantitative estimate of drug-likeness (QED) is 0.601. The molecule has 11 heavy (non-hydrogen) atoms. The average molecular weight is 209 g/mol. The SMILES string of the molecule is COc1cc([AsH2])ccc1C#N. The minimum atomic E-state index is 0.592. The van der Waals surface area contributed by atoms with Gasteiger partial charge >= 0.3 is 73.9 Å². The zero-order chi connectivity index (χ0) is 8.27. The van der Waals surface area contributed by atoms with Gasteiger partial charge in [-0.2, -0.15) is 0 Å². The Hall–Kier alpha value is -0.932. The number of hydrogen-bond acceptors (Lipinski definition) is 2. The van der Waals surface area contributed by atoms with Gasteiger partial charge in [-0.15, -0.1) is 0 Å². The van der Waals surface area contributed by atoms with E-state index < -0.39 is 0 Å². The number of rotatable bonds is 1. The van der Waals surface area contributed by atoms with E-state index in [1.165, 1.54) is 16.9 Å². The molecule has 1 unspecified atom stereocenters. The average Bonchev–Trinajstić information content (AvgIpc) is 2.04. The van der Waals surface area contributed by atoms with E-state index in [1.54, 1.807) is 13.2 Å². The normalized spacial score (nSPS) is 8.82. The van der Waals surface area contributed by atoms with Crippen molar-refractivity contribution in [2.75, 3.05) is 7.11 Å². The molecule has 0 amide bonds. The van der Waals surface area contributed by atoms with E-state index in [4.69, 9.17) is 10.00 Å². The van der Waals surface area contributed by atoms with Crippen molar-refractivity contribution >= 4 is 21.2 Å². The number of benzene rings is 1. The molecule has 1 aromatic carbocycles. The number of methoxy groups -OCH3 is 1. The van der Waals surface area contributed by atoms with Crippen LogP contribution in [-0.4, -0.2) is 24.0 Å². The maximum atomic E-state index is 8.62. The van der Waals surface area contributed by atoms with Crippen LogP contribution in [0.15, 0.2) is 18.2 Å². The summed E-state index contributed by atoms with van der Waals surface area (Å²) in [5, 5.41) is 8.62. The van der Waals surface area contributed by atoms with Crippen LogP contribution < -0.4 is 9.09 Å². The number of nitrogens with zero attached hydrogens (tertiary/aromatic N) is 1. The summed E-state index contributed by atoms with van der Waals surface area (Å²) >= 11 is 1.52. The van der Waals surface area contributed by atoms with Gasteiger partial charge in [0.05, 0.1) is 0 Å². The van der Waals surface area contributed by atoms with Gasteiger partial charge in [-0.3, -0.25) is 0 Å². The fourth-order valence-electron chi connectivity index (χ4n) is 0.800. The van der Waals surface area contributed by atoms with Crippen LogP contribution in [0.25, 0.3) is 0 Å². The van der Waals surface area contributed by atoms with Crippen molar-refractivity contribution in [1.82, 2.24) is 0 Å². The van der Waals surface area contributed by atoms with E-state index >= 15 is 0 Å². The van der Waals surface area contributed by atoms with Crippen LogP contribution >= 0.6 is 0 Å². The van der Waals surface area contributed by atoms with Crippen LogP contribution in [0.3, 0.4) is 0 Å². The summed E-state index contributed by atoms with van der Waals surface area (Å²) in [5.41, 5.74) is 0.592. The Bertz CT molecular complexity index is 303. The van der Waals surface area contributed by atoms with Crippen molar-refractivity contribution in [3.8, 4) is 11.8 Å². The monoisotopic (exact) mass is 209 g/mol. The van der Waals surface area contributed by atoms with Crippen molar-refractivity contribution in [3.63, 3.8) is 0 Å². The van der Waals surface area contributed by atoms with Crippen molar-refractivity contribution in [1.29, 1.82) is 5.26 Å². The van der Waals surface area contributed by atoms with Crippen LogP contribution in [0.1, 0.15) is 5.56 Å². The van der Waals surface area contributed by atoms with E-state index in [1.807, 2.05) is 12.1 Å². The second kappa shape index (κ2) is 3.46. The van der Waals surface area contributed by atoms with Crippen molar-refractivity contribution in [3.05, 3.63) is 23.8 Å². The van der Waals surface area contributed by atoms with Crippen molar-refractivity contribution in [2.24, 2.45) is 0 Å². The van der Waals surface area contributed by atoms with Gasteiger partial charge in [-0.25, -0.2) is 0 Å². The molecular weight excluding hydrogens is 201 g/mol. The van der Waals surface area contributed by atoms with Crippen molar-refractivity contribution in [2.45, 2.75) is 0 Å². The first-order valence-corrected chi connectivity index (χ1v) is 4.32. The number of nitriles is 1. The summed E-state index contributed by atoms with van der Waals surface area (Å²) in [6, 6.07) is 7.62. The first-order chi connectivity index (χ1) is 5.27. The molecule has 3 heteroatoms. The van der Waals surface area contributed by atoms with Gasteiger partial charge in [0.15, 0.2) is 0 Å². The predicted molar refractivity (Wildman–Crippen MR) is 45.9 cm³/mol. The molecule has 0 spiro atoms. The molecule has 0 saturated heterocycles. The molecule has 0 aliphatic carbocycles. The molecule has 0 saturated carbocycles. The van der Waals surface area contributed by atoms with Crippen molar-refractivity contribution < 1.29 is 4.74 Å². The van der Waals surface area contributed by atoms with Crippen LogP contribution in [0.5, 0.6) is 5.75 Å². The third kappa shape index (κ3) is 1.75. The molecule has 0 aliphatic heterocycles. The standard InChI is InChI=1S/C8H8AsNO/c1-11-8-4-7(9)3-2-6(8)5-10/h2-4H,9H2,1H3. The maximum absolute atomic E-state index is 8.62. The molecule has 0 fully saturated rings. The molecule has 0 aliphatic rings. The fraction of sp³-hybridized carbons (Fsp3) is 0.125. The molecule has 0 aromatic heterocycles. The molecule has 2 nitrogen and oxygen atoms in total. The summed E-state index contributed by atoms with van der Waals surface area (Å²) in [6.07, 6.45) is 0. The minimum absolute atomic E-state index is 0.592. The van der Waals surface area contributed by atoms with E-state index in [2.05, 4.69) is 6.07 Å². The Morgan fingerprint density at radius 1 is 1.55 bits per heavy atom. The molecule has 0 bridgehead atoms. The van der Waals surface area contributed by atoms with E-state index in [0.29, 0.717) is 11.3 Å². The Labute approximate surface area is 74.3 Å². The molecule has 0 radical (unpaired) electrons. The molecule has 0 heterocycles. The third-order valence-corrected chi connectivity index (χ3v) is 2.10. The molecule has 1 aromatic rings. The Balaban J connectivity index is 3.19. The fourth-order valence-corrected chi connectivity index (χ4v) is 1.32. The Morgan fingerprint density at radius 2 is 2.27 bits per heavy atom. The van der Waals surface area contributed by atoms with Crippen LogP contribution in [0, 0.1) is 11.3 Å². The second-order valence-corrected chi connectivity index (χ2v) is 3.47.